The molecule has 1 N–H and O–H groups in total. The van der Waals surface area contributed by atoms with Crippen LogP contribution in [0.15, 0.2) is 152 Å². The molecule has 0 aliphatic heterocycles. The minimum Gasteiger partial charge on any atom is -0.354 e. The van der Waals surface area contributed by atoms with Crippen LogP contribution in [0.25, 0.3) is 83.1 Å². The van der Waals surface area contributed by atoms with Gasteiger partial charge < -0.3 is 4.98 Å². The van der Waals surface area contributed by atoms with Gasteiger partial charge in [-0.2, -0.15) is 0 Å². The van der Waals surface area contributed by atoms with Gasteiger partial charge in [-0.05, 0) is 47.0 Å². The van der Waals surface area contributed by atoms with Crippen molar-refractivity contribution in [2.24, 2.45) is 0 Å². The average Bonchev–Trinajstić information content (AvgIpc) is 3.64. The minimum atomic E-state index is 0.659. The molecule has 3 heterocycles. The van der Waals surface area contributed by atoms with E-state index in [1.807, 2.05) is 18.3 Å². The summed E-state index contributed by atoms with van der Waals surface area (Å²) in [5.41, 5.74) is 11.2. The predicted octanol–water partition coefficient (Wildman–Crippen LogP) is 10.2. The summed E-state index contributed by atoms with van der Waals surface area (Å²) < 4.78 is 2.18. The number of fused-ring (bicyclic) bond motifs is 6. The third-order valence-corrected chi connectivity index (χ3v) is 8.66. The normalized spacial score (nSPS) is 11.6. The van der Waals surface area contributed by atoms with Crippen molar-refractivity contribution in [1.29, 1.82) is 0 Å². The number of hydrogen-bond donors (Lipinski definition) is 1. The molecule has 0 unspecified atom stereocenters. The highest BCUT2D eigenvalue weighted by atomic mass is 15.2. The van der Waals surface area contributed by atoms with E-state index in [-0.39, 0.29) is 0 Å². The van der Waals surface area contributed by atoms with Gasteiger partial charge in [0.25, 0.3) is 0 Å². The second-order valence-electron chi connectivity index (χ2n) is 11.2. The molecule has 4 nitrogen and oxygen atoms in total. The smallest absolute Gasteiger partial charge is 0.235 e. The molecule has 4 heteroatoms. The number of aromatic nitrogens is 4. The van der Waals surface area contributed by atoms with Crippen molar-refractivity contribution in [3.63, 3.8) is 0 Å². The second-order valence-corrected chi connectivity index (χ2v) is 11.2. The maximum atomic E-state index is 5.08. The molecule has 0 fully saturated rings. The largest absolute Gasteiger partial charge is 0.354 e. The van der Waals surface area contributed by atoms with Gasteiger partial charge in [-0.3, -0.25) is 4.57 Å². The van der Waals surface area contributed by atoms with Gasteiger partial charge in [-0.15, -0.1) is 0 Å². The second kappa shape index (κ2) is 9.79. The lowest BCUT2D eigenvalue weighted by atomic mass is 10.00. The number of nitrogens with one attached hydrogen (secondary N) is 1. The monoisotopic (exact) mass is 562 g/mol. The fourth-order valence-electron chi connectivity index (χ4n) is 6.55. The fourth-order valence-corrected chi connectivity index (χ4v) is 6.55. The van der Waals surface area contributed by atoms with Crippen LogP contribution in [0.1, 0.15) is 0 Å². The fraction of sp³-hybridized carbons (Fsp3) is 0. The summed E-state index contributed by atoms with van der Waals surface area (Å²) >= 11 is 0. The van der Waals surface area contributed by atoms with E-state index in [2.05, 4.69) is 143 Å². The van der Waals surface area contributed by atoms with Crippen LogP contribution < -0.4 is 0 Å². The molecule has 9 rings (SSSR count). The van der Waals surface area contributed by atoms with Crippen molar-refractivity contribution < 1.29 is 0 Å². The summed E-state index contributed by atoms with van der Waals surface area (Å²) in [7, 11) is 0. The van der Waals surface area contributed by atoms with Crippen LogP contribution in [0.2, 0.25) is 0 Å². The van der Waals surface area contributed by atoms with E-state index < -0.39 is 0 Å². The molecule has 0 amide bonds. The first kappa shape index (κ1) is 24.6. The lowest BCUT2D eigenvalue weighted by molar-refractivity contribution is 0.992. The zero-order valence-corrected chi connectivity index (χ0v) is 23.8. The first-order chi connectivity index (χ1) is 21.8. The number of H-pyrrole nitrogens is 1. The van der Waals surface area contributed by atoms with Crippen molar-refractivity contribution in [3.8, 4) is 39.5 Å². The summed E-state index contributed by atoms with van der Waals surface area (Å²) in [4.78, 5) is 13.5. The quantitative estimate of drug-likeness (QED) is 0.232. The molecule has 9 aromatic rings. The Kier molecular flexibility index (Phi) is 5.47. The molecule has 0 saturated carbocycles. The highest BCUT2D eigenvalue weighted by Crippen LogP contribution is 2.38. The number of para-hydroxylation sites is 3. The van der Waals surface area contributed by atoms with E-state index in [0.29, 0.717) is 5.95 Å². The van der Waals surface area contributed by atoms with Crippen LogP contribution in [0.3, 0.4) is 0 Å². The van der Waals surface area contributed by atoms with Gasteiger partial charge in [0.1, 0.15) is 0 Å². The van der Waals surface area contributed by atoms with E-state index in [9.17, 15) is 0 Å². The molecule has 0 aliphatic carbocycles. The number of aromatic amines is 1. The van der Waals surface area contributed by atoms with Crippen LogP contribution >= 0.6 is 0 Å². The van der Waals surface area contributed by atoms with Gasteiger partial charge in [0, 0.05) is 44.4 Å². The maximum absolute atomic E-state index is 5.08. The van der Waals surface area contributed by atoms with Gasteiger partial charge in [0.15, 0.2) is 0 Å². The number of rotatable bonds is 4. The van der Waals surface area contributed by atoms with Gasteiger partial charge in [-0.1, -0.05) is 115 Å². The molecule has 0 atom stereocenters. The number of hydrogen-bond acceptors (Lipinski definition) is 2. The van der Waals surface area contributed by atoms with Gasteiger partial charge >= 0.3 is 0 Å². The molecular formula is C40H26N4. The first-order valence-electron chi connectivity index (χ1n) is 14.8. The van der Waals surface area contributed by atoms with Crippen LogP contribution in [0, 0.1) is 0 Å². The summed E-state index contributed by atoms with van der Waals surface area (Å²) in [5, 5.41) is 4.83. The molecule has 0 saturated heterocycles. The molecule has 0 spiro atoms. The van der Waals surface area contributed by atoms with Crippen LogP contribution in [-0.2, 0) is 0 Å². The van der Waals surface area contributed by atoms with Gasteiger partial charge in [0.05, 0.1) is 22.2 Å². The van der Waals surface area contributed by atoms with E-state index in [1.165, 1.54) is 43.8 Å². The zero-order chi connectivity index (χ0) is 29.0. The molecule has 206 valence electrons. The van der Waals surface area contributed by atoms with Crippen LogP contribution in [0.5, 0.6) is 0 Å². The summed E-state index contributed by atoms with van der Waals surface area (Å²) in [5.74, 6) is 0.659. The average molecular weight is 563 g/mol. The molecule has 44 heavy (non-hydrogen) atoms. The van der Waals surface area contributed by atoms with Gasteiger partial charge in [-0.25, -0.2) is 9.97 Å². The molecule has 3 aromatic heterocycles. The van der Waals surface area contributed by atoms with Crippen molar-refractivity contribution in [2.45, 2.75) is 0 Å². The maximum Gasteiger partial charge on any atom is 0.235 e. The highest BCUT2D eigenvalue weighted by Gasteiger charge is 2.17. The Morgan fingerprint density at radius 3 is 2.05 bits per heavy atom. The molecule has 0 bridgehead atoms. The lowest BCUT2D eigenvalue weighted by Gasteiger charge is -2.09. The Labute approximate surface area is 253 Å². The minimum absolute atomic E-state index is 0.659. The topological polar surface area (TPSA) is 46.5 Å². The number of nitrogens with zero attached hydrogens (tertiary/aromatic N) is 3. The summed E-state index contributed by atoms with van der Waals surface area (Å²) in [6.07, 6.45) is 1.86. The Morgan fingerprint density at radius 2 is 1.16 bits per heavy atom. The SMILES string of the molecule is c1ccc(-c2ccc(-c3ccnc(-n4c5ccccc5c5cc(-c6cccc7c6[nH]c6ccccc67)ccc54)n3)cc2)cc1. The third-order valence-electron chi connectivity index (χ3n) is 8.66. The van der Waals surface area contributed by atoms with E-state index in [1.54, 1.807) is 0 Å². The van der Waals surface area contributed by atoms with Crippen LogP contribution in [-0.4, -0.2) is 19.5 Å². The first-order valence-corrected chi connectivity index (χ1v) is 14.8. The molecule has 6 aromatic carbocycles. The van der Waals surface area contributed by atoms with Crippen molar-refractivity contribution >= 4 is 43.6 Å². The summed E-state index contributed by atoms with van der Waals surface area (Å²) in [6, 6.07) is 51.3. The standard InChI is InChI=1S/C40H26N4/c1-2-9-26(10-3-1)27-17-19-28(20-18-27)35-23-24-41-40(43-35)44-37-16-7-5-12-32(37)34-25-29(21-22-38(34)44)30-13-8-14-33-31-11-4-6-15-36(31)42-39(30)33/h1-25,42H. The van der Waals surface area contributed by atoms with E-state index >= 15 is 0 Å². The van der Waals surface area contributed by atoms with E-state index in [4.69, 9.17) is 9.97 Å². The number of benzene rings is 6. The van der Waals surface area contributed by atoms with E-state index in [0.717, 1.165) is 33.3 Å². The predicted molar refractivity (Wildman–Crippen MR) is 182 cm³/mol. The molecule has 0 aliphatic rings. The molecule has 0 radical (unpaired) electrons. The Hall–Kier alpha value is -6.00. The lowest BCUT2D eigenvalue weighted by Crippen LogP contribution is -2.01. The van der Waals surface area contributed by atoms with Crippen molar-refractivity contribution in [2.75, 3.05) is 0 Å². The Balaban J connectivity index is 1.18. The van der Waals surface area contributed by atoms with Crippen molar-refractivity contribution in [3.05, 3.63) is 152 Å². The highest BCUT2D eigenvalue weighted by molar-refractivity contribution is 6.14. The summed E-state index contributed by atoms with van der Waals surface area (Å²) in [6.45, 7) is 0. The Morgan fingerprint density at radius 1 is 0.477 bits per heavy atom. The molecular weight excluding hydrogens is 536 g/mol. The Bertz CT molecular complexity index is 2480. The van der Waals surface area contributed by atoms with Crippen LogP contribution in [0.4, 0.5) is 0 Å². The van der Waals surface area contributed by atoms with Gasteiger partial charge in [0.2, 0.25) is 5.95 Å². The third kappa shape index (κ3) is 3.85. The zero-order valence-electron chi connectivity index (χ0n) is 23.8. The van der Waals surface area contributed by atoms with Crippen molar-refractivity contribution in [1.82, 2.24) is 19.5 Å².